The third kappa shape index (κ3) is 3.74. The Morgan fingerprint density at radius 3 is 2.88 bits per heavy atom. The molecule has 0 saturated carbocycles. The fraction of sp³-hybridized carbons (Fsp3) is 0.471. The Morgan fingerprint density at radius 2 is 2.20 bits per heavy atom. The number of hydrogen-bond acceptors (Lipinski definition) is 5. The molecule has 2 N–H and O–H groups in total. The summed E-state index contributed by atoms with van der Waals surface area (Å²) < 4.78 is 10.9. The number of ether oxygens (including phenoxy) is 2. The van der Waals surface area contributed by atoms with Crippen LogP contribution in [0.3, 0.4) is 0 Å². The molecule has 0 bridgehead atoms. The van der Waals surface area contributed by atoms with Crippen LogP contribution in [0.1, 0.15) is 30.1 Å². The van der Waals surface area contributed by atoms with E-state index in [1.807, 2.05) is 0 Å². The van der Waals surface area contributed by atoms with Crippen molar-refractivity contribution in [3.05, 3.63) is 23.8 Å². The van der Waals surface area contributed by atoms with Crippen LogP contribution < -0.4 is 15.0 Å². The van der Waals surface area contributed by atoms with Gasteiger partial charge in [-0.3, -0.25) is 14.5 Å². The van der Waals surface area contributed by atoms with Crippen molar-refractivity contribution in [2.75, 3.05) is 24.6 Å². The monoisotopic (exact) mass is 348 g/mol. The number of rotatable bonds is 5. The molecule has 8 nitrogen and oxygen atoms in total. The van der Waals surface area contributed by atoms with Crippen LogP contribution in [0.5, 0.6) is 5.75 Å². The van der Waals surface area contributed by atoms with Gasteiger partial charge in [0.25, 0.3) is 5.91 Å². The number of amides is 2. The van der Waals surface area contributed by atoms with E-state index in [1.54, 1.807) is 6.92 Å². The molecule has 1 fully saturated rings. The number of hydrogen-bond donors (Lipinski definition) is 2. The predicted octanol–water partition coefficient (Wildman–Crippen LogP) is 0.794. The van der Waals surface area contributed by atoms with Gasteiger partial charge in [-0.05, 0) is 38.0 Å². The number of carboxylic acid groups (broad SMARTS) is 1. The lowest BCUT2D eigenvalue weighted by molar-refractivity contribution is -0.128. The number of carbonyl (C=O) groups excluding carboxylic acids is 2. The first-order valence-corrected chi connectivity index (χ1v) is 8.19. The van der Waals surface area contributed by atoms with Crippen LogP contribution in [-0.2, 0) is 14.3 Å². The van der Waals surface area contributed by atoms with Gasteiger partial charge in [0.05, 0.1) is 17.4 Å². The highest BCUT2D eigenvalue weighted by Crippen LogP contribution is 2.34. The van der Waals surface area contributed by atoms with Gasteiger partial charge in [0.1, 0.15) is 12.3 Å². The SMILES string of the molecule is CC1Oc2ccc(C(=O)O)cc2N(CC(=O)NCC2CCCO2)C1=O. The molecule has 8 heteroatoms. The number of carbonyl (C=O) groups is 3. The van der Waals surface area contributed by atoms with E-state index in [4.69, 9.17) is 14.6 Å². The quantitative estimate of drug-likeness (QED) is 0.815. The lowest BCUT2D eigenvalue weighted by atomic mass is 10.1. The van der Waals surface area contributed by atoms with Gasteiger partial charge in [-0.2, -0.15) is 0 Å². The number of nitrogens with one attached hydrogen (secondary N) is 1. The molecular weight excluding hydrogens is 328 g/mol. The Hall–Kier alpha value is -2.61. The second kappa shape index (κ2) is 7.10. The Bertz CT molecular complexity index is 698. The largest absolute Gasteiger partial charge is 0.479 e. The molecular formula is C17H20N2O6. The van der Waals surface area contributed by atoms with Crippen molar-refractivity contribution in [1.82, 2.24) is 5.32 Å². The molecule has 3 rings (SSSR count). The summed E-state index contributed by atoms with van der Waals surface area (Å²) in [6.07, 6.45) is 1.15. The summed E-state index contributed by atoms with van der Waals surface area (Å²) in [5, 5.41) is 11.9. The Kier molecular flexibility index (Phi) is 4.89. The van der Waals surface area contributed by atoms with Crippen LogP contribution in [0.15, 0.2) is 18.2 Å². The van der Waals surface area contributed by atoms with Crippen LogP contribution in [0.2, 0.25) is 0 Å². The number of aromatic carboxylic acids is 1. The lowest BCUT2D eigenvalue weighted by Crippen LogP contribution is -2.49. The van der Waals surface area contributed by atoms with Crippen molar-refractivity contribution in [1.29, 1.82) is 0 Å². The minimum Gasteiger partial charge on any atom is -0.479 e. The molecule has 134 valence electrons. The van der Waals surface area contributed by atoms with E-state index in [0.29, 0.717) is 18.9 Å². The normalized spacial score (nSPS) is 22.3. The van der Waals surface area contributed by atoms with Gasteiger partial charge in [0, 0.05) is 13.2 Å². The summed E-state index contributed by atoms with van der Waals surface area (Å²) in [5.74, 6) is -1.45. The zero-order valence-corrected chi connectivity index (χ0v) is 13.9. The van der Waals surface area contributed by atoms with Crippen molar-refractivity contribution >= 4 is 23.5 Å². The molecule has 1 saturated heterocycles. The average Bonchev–Trinajstić information content (AvgIpc) is 3.10. The maximum atomic E-state index is 12.4. The van der Waals surface area contributed by atoms with Crippen molar-refractivity contribution in [2.24, 2.45) is 0 Å². The number of benzene rings is 1. The van der Waals surface area contributed by atoms with E-state index in [2.05, 4.69) is 5.32 Å². The van der Waals surface area contributed by atoms with Gasteiger partial charge in [-0.15, -0.1) is 0 Å². The maximum Gasteiger partial charge on any atom is 0.335 e. The molecule has 0 spiro atoms. The second-order valence-corrected chi connectivity index (χ2v) is 6.11. The van der Waals surface area contributed by atoms with E-state index < -0.39 is 12.1 Å². The van der Waals surface area contributed by atoms with Gasteiger partial charge in [-0.25, -0.2) is 4.79 Å². The molecule has 0 radical (unpaired) electrons. The topological polar surface area (TPSA) is 105 Å². The summed E-state index contributed by atoms with van der Waals surface area (Å²) in [5.41, 5.74) is 0.310. The summed E-state index contributed by atoms with van der Waals surface area (Å²) >= 11 is 0. The fourth-order valence-electron chi connectivity index (χ4n) is 2.94. The van der Waals surface area contributed by atoms with Crippen LogP contribution >= 0.6 is 0 Å². The first kappa shape index (κ1) is 17.2. The molecule has 1 aromatic rings. The number of carboxylic acids is 1. The van der Waals surface area contributed by atoms with Crippen LogP contribution in [0, 0.1) is 0 Å². The van der Waals surface area contributed by atoms with Crippen molar-refractivity contribution in [2.45, 2.75) is 32.0 Å². The fourth-order valence-corrected chi connectivity index (χ4v) is 2.94. The summed E-state index contributed by atoms with van der Waals surface area (Å²) in [6, 6.07) is 4.24. The average molecular weight is 348 g/mol. The van der Waals surface area contributed by atoms with Gasteiger partial charge in [-0.1, -0.05) is 0 Å². The van der Waals surface area contributed by atoms with Gasteiger partial charge in [0.15, 0.2) is 6.10 Å². The molecule has 1 aromatic carbocycles. The Morgan fingerprint density at radius 1 is 1.40 bits per heavy atom. The summed E-state index contributed by atoms with van der Waals surface area (Å²) in [4.78, 5) is 37.1. The highest BCUT2D eigenvalue weighted by molar-refractivity contribution is 6.04. The summed E-state index contributed by atoms with van der Waals surface area (Å²) in [7, 11) is 0. The van der Waals surface area contributed by atoms with E-state index in [-0.39, 0.29) is 35.7 Å². The molecule has 0 aromatic heterocycles. The minimum atomic E-state index is -1.11. The van der Waals surface area contributed by atoms with Gasteiger partial charge >= 0.3 is 5.97 Å². The maximum absolute atomic E-state index is 12.4. The number of fused-ring (bicyclic) bond motifs is 1. The van der Waals surface area contributed by atoms with Crippen LogP contribution in [-0.4, -0.2) is 54.8 Å². The van der Waals surface area contributed by atoms with Gasteiger partial charge < -0.3 is 19.9 Å². The highest BCUT2D eigenvalue weighted by atomic mass is 16.5. The first-order chi connectivity index (χ1) is 12.0. The zero-order valence-electron chi connectivity index (χ0n) is 13.9. The Labute approximate surface area is 144 Å². The summed E-state index contributed by atoms with van der Waals surface area (Å²) in [6.45, 7) is 2.49. The molecule has 2 aliphatic heterocycles. The highest BCUT2D eigenvalue weighted by Gasteiger charge is 2.33. The minimum absolute atomic E-state index is 0.00848. The van der Waals surface area contributed by atoms with Crippen LogP contribution in [0.25, 0.3) is 0 Å². The lowest BCUT2D eigenvalue weighted by Gasteiger charge is -2.32. The molecule has 2 aliphatic rings. The van der Waals surface area contributed by atoms with E-state index in [0.717, 1.165) is 12.8 Å². The number of anilines is 1. The van der Waals surface area contributed by atoms with Crippen molar-refractivity contribution in [3.63, 3.8) is 0 Å². The van der Waals surface area contributed by atoms with E-state index >= 15 is 0 Å². The molecule has 0 aliphatic carbocycles. The van der Waals surface area contributed by atoms with Crippen molar-refractivity contribution < 1.29 is 29.0 Å². The molecule has 2 heterocycles. The molecule has 2 unspecified atom stereocenters. The predicted molar refractivity (Wildman–Crippen MR) is 87.8 cm³/mol. The van der Waals surface area contributed by atoms with Crippen LogP contribution in [0.4, 0.5) is 5.69 Å². The Balaban J connectivity index is 1.74. The third-order valence-corrected chi connectivity index (χ3v) is 4.27. The van der Waals surface area contributed by atoms with E-state index in [1.165, 1.54) is 23.1 Å². The van der Waals surface area contributed by atoms with E-state index in [9.17, 15) is 14.4 Å². The third-order valence-electron chi connectivity index (χ3n) is 4.27. The zero-order chi connectivity index (χ0) is 18.0. The first-order valence-electron chi connectivity index (χ1n) is 8.19. The molecule has 2 atom stereocenters. The molecule has 2 amide bonds. The van der Waals surface area contributed by atoms with Gasteiger partial charge in [0.2, 0.25) is 5.91 Å². The molecule has 25 heavy (non-hydrogen) atoms. The standard InChI is InChI=1S/C17H20N2O6/c1-10-16(21)19(9-15(20)18-8-12-3-2-6-24-12)13-7-11(17(22)23)4-5-14(13)25-10/h4-5,7,10,12H,2-3,6,8-9H2,1H3,(H,18,20)(H,22,23). The second-order valence-electron chi connectivity index (χ2n) is 6.11. The van der Waals surface area contributed by atoms with Crippen molar-refractivity contribution in [3.8, 4) is 5.75 Å². The number of nitrogens with zero attached hydrogens (tertiary/aromatic N) is 1. The smallest absolute Gasteiger partial charge is 0.335 e.